The highest BCUT2D eigenvalue weighted by molar-refractivity contribution is 5.94. The topological polar surface area (TPSA) is 140 Å². The van der Waals surface area contributed by atoms with Crippen LogP contribution in [0, 0.1) is 0 Å². The van der Waals surface area contributed by atoms with Crippen molar-refractivity contribution in [1.29, 1.82) is 0 Å². The van der Waals surface area contributed by atoms with Crippen LogP contribution in [-0.4, -0.2) is 35.2 Å². The standard InChI is InChI=1S/C15H16N4O5/c1-23-8-3-6(4-9(24-2)12(8)21)7-5-10(20)17-13-11(7)14(22)19-15(16)18-13/h3-4,7,21H,5H2,1-2H3,(H4,16,17,18,19,20,22). The fourth-order valence-electron chi connectivity index (χ4n) is 2.79. The molecule has 24 heavy (non-hydrogen) atoms. The lowest BCUT2D eigenvalue weighted by Crippen LogP contribution is -2.31. The third kappa shape index (κ3) is 2.49. The number of nitrogens with two attached hydrogens (primary N) is 1. The van der Waals surface area contributed by atoms with Gasteiger partial charge in [0.25, 0.3) is 5.56 Å². The maximum atomic E-state index is 12.3. The summed E-state index contributed by atoms with van der Waals surface area (Å²) in [7, 11) is 2.80. The second kappa shape index (κ2) is 5.76. The number of hydrogen-bond acceptors (Lipinski definition) is 7. The van der Waals surface area contributed by atoms with E-state index in [0.717, 1.165) is 0 Å². The molecule has 9 heteroatoms. The van der Waals surface area contributed by atoms with Crippen molar-refractivity contribution in [1.82, 2.24) is 9.97 Å². The molecule has 5 N–H and O–H groups in total. The van der Waals surface area contributed by atoms with Crippen molar-refractivity contribution in [3.8, 4) is 17.2 Å². The average Bonchev–Trinajstić information content (AvgIpc) is 2.53. The summed E-state index contributed by atoms with van der Waals surface area (Å²) in [5.74, 6) is -0.629. The molecule has 2 aromatic rings. The Balaban J connectivity index is 2.21. The van der Waals surface area contributed by atoms with E-state index >= 15 is 0 Å². The van der Waals surface area contributed by atoms with Gasteiger partial charge in [0.1, 0.15) is 5.82 Å². The molecule has 0 spiro atoms. The zero-order valence-electron chi connectivity index (χ0n) is 13.0. The number of nitrogen functional groups attached to an aromatic ring is 1. The molecule has 126 valence electrons. The Morgan fingerprint density at radius 1 is 1.25 bits per heavy atom. The molecule has 2 heterocycles. The number of carbonyl (C=O) groups is 1. The maximum absolute atomic E-state index is 12.3. The van der Waals surface area contributed by atoms with Gasteiger partial charge in [-0.2, -0.15) is 4.98 Å². The maximum Gasteiger partial charge on any atom is 0.258 e. The highest BCUT2D eigenvalue weighted by Crippen LogP contribution is 2.42. The van der Waals surface area contributed by atoms with Gasteiger partial charge in [-0.1, -0.05) is 0 Å². The SMILES string of the molecule is COc1cc(C2CC(=O)Nc3nc(N)[nH]c(=O)c32)cc(OC)c1O. The number of aromatic hydroxyl groups is 1. The van der Waals surface area contributed by atoms with Gasteiger partial charge in [0.2, 0.25) is 17.6 Å². The Hall–Kier alpha value is -3.23. The molecule has 0 aliphatic carbocycles. The number of aromatic nitrogens is 2. The molecular formula is C15H16N4O5. The van der Waals surface area contributed by atoms with Gasteiger partial charge in [-0.3, -0.25) is 14.6 Å². The Morgan fingerprint density at radius 3 is 2.46 bits per heavy atom. The number of nitrogens with one attached hydrogen (secondary N) is 2. The van der Waals surface area contributed by atoms with Gasteiger partial charge < -0.3 is 25.6 Å². The summed E-state index contributed by atoms with van der Waals surface area (Å²) in [5, 5.41) is 12.6. The van der Waals surface area contributed by atoms with Crippen LogP contribution in [0.15, 0.2) is 16.9 Å². The van der Waals surface area contributed by atoms with Crippen molar-refractivity contribution >= 4 is 17.7 Å². The first kappa shape index (κ1) is 15.7. The molecule has 1 unspecified atom stereocenters. The molecule has 1 aliphatic heterocycles. The van der Waals surface area contributed by atoms with Gasteiger partial charge in [0.15, 0.2) is 11.5 Å². The smallest absolute Gasteiger partial charge is 0.258 e. The van der Waals surface area contributed by atoms with Gasteiger partial charge in [0, 0.05) is 12.3 Å². The zero-order valence-corrected chi connectivity index (χ0v) is 13.0. The van der Waals surface area contributed by atoms with Crippen molar-refractivity contribution in [3.63, 3.8) is 0 Å². The quantitative estimate of drug-likeness (QED) is 0.643. The lowest BCUT2D eigenvalue weighted by molar-refractivity contribution is -0.116. The van der Waals surface area contributed by atoms with Crippen molar-refractivity contribution in [2.45, 2.75) is 12.3 Å². The molecule has 1 atom stereocenters. The molecule has 0 saturated carbocycles. The number of ether oxygens (including phenoxy) is 2. The number of hydrogen-bond donors (Lipinski definition) is 4. The predicted molar refractivity (Wildman–Crippen MR) is 85.6 cm³/mol. The van der Waals surface area contributed by atoms with Gasteiger partial charge >= 0.3 is 0 Å². The first-order valence-corrected chi connectivity index (χ1v) is 7.09. The number of H-pyrrole nitrogens is 1. The van der Waals surface area contributed by atoms with E-state index in [2.05, 4.69) is 15.3 Å². The Morgan fingerprint density at radius 2 is 1.88 bits per heavy atom. The number of rotatable bonds is 3. The minimum absolute atomic E-state index is 0.0404. The third-order valence-electron chi connectivity index (χ3n) is 3.87. The number of phenolic OH excluding ortho intramolecular Hbond substituents is 1. The Labute approximate surface area is 136 Å². The number of phenols is 1. The Kier molecular flexibility index (Phi) is 3.76. The van der Waals surface area contributed by atoms with Crippen LogP contribution in [0.4, 0.5) is 11.8 Å². The first-order valence-electron chi connectivity index (χ1n) is 7.09. The summed E-state index contributed by atoms with van der Waals surface area (Å²) in [4.78, 5) is 30.7. The van der Waals surface area contributed by atoms with E-state index in [1.165, 1.54) is 14.2 Å². The molecule has 0 bridgehead atoms. The summed E-state index contributed by atoms with van der Waals surface area (Å²) in [6.07, 6.45) is 0.0404. The van der Waals surface area contributed by atoms with Crippen LogP contribution < -0.4 is 26.1 Å². The van der Waals surface area contributed by atoms with E-state index in [1.807, 2.05) is 0 Å². The monoisotopic (exact) mass is 332 g/mol. The van der Waals surface area contributed by atoms with Crippen LogP contribution in [0.5, 0.6) is 17.2 Å². The highest BCUT2D eigenvalue weighted by atomic mass is 16.5. The Bertz CT molecular complexity index is 852. The summed E-state index contributed by atoms with van der Waals surface area (Å²) in [6.45, 7) is 0. The molecule has 0 radical (unpaired) electrons. The van der Waals surface area contributed by atoms with Crippen molar-refractivity contribution in [2.24, 2.45) is 0 Å². The molecule has 1 aromatic carbocycles. The molecule has 1 aromatic heterocycles. The van der Waals surface area contributed by atoms with E-state index in [0.29, 0.717) is 11.1 Å². The minimum atomic E-state index is -0.575. The summed E-state index contributed by atoms with van der Waals surface area (Å²) in [5.41, 5.74) is 5.96. The lowest BCUT2D eigenvalue weighted by atomic mass is 9.86. The summed E-state index contributed by atoms with van der Waals surface area (Å²) < 4.78 is 10.3. The number of anilines is 2. The second-order valence-corrected chi connectivity index (χ2v) is 5.29. The van der Waals surface area contributed by atoms with E-state index in [1.54, 1.807) is 12.1 Å². The number of amides is 1. The van der Waals surface area contributed by atoms with E-state index in [4.69, 9.17) is 15.2 Å². The lowest BCUT2D eigenvalue weighted by Gasteiger charge is -2.25. The van der Waals surface area contributed by atoms with Crippen LogP contribution in [-0.2, 0) is 4.79 Å². The molecule has 1 amide bonds. The molecular weight excluding hydrogens is 316 g/mol. The molecule has 3 rings (SSSR count). The average molecular weight is 332 g/mol. The summed E-state index contributed by atoms with van der Waals surface area (Å²) in [6, 6.07) is 3.11. The molecule has 9 nitrogen and oxygen atoms in total. The largest absolute Gasteiger partial charge is 0.502 e. The van der Waals surface area contributed by atoms with Crippen LogP contribution >= 0.6 is 0 Å². The minimum Gasteiger partial charge on any atom is -0.502 e. The molecule has 0 fully saturated rings. The van der Waals surface area contributed by atoms with Crippen molar-refractivity contribution in [3.05, 3.63) is 33.6 Å². The van der Waals surface area contributed by atoms with Gasteiger partial charge in [0.05, 0.1) is 19.8 Å². The predicted octanol–water partition coefficient (Wildman–Crippen LogP) is 0.549. The van der Waals surface area contributed by atoms with Crippen molar-refractivity contribution < 1.29 is 19.4 Å². The number of aromatic amines is 1. The second-order valence-electron chi connectivity index (χ2n) is 5.29. The van der Waals surface area contributed by atoms with Gasteiger partial charge in [-0.25, -0.2) is 0 Å². The molecule has 0 saturated heterocycles. The zero-order chi connectivity index (χ0) is 17.4. The fraction of sp³-hybridized carbons (Fsp3) is 0.267. The fourth-order valence-corrected chi connectivity index (χ4v) is 2.79. The van der Waals surface area contributed by atoms with Gasteiger partial charge in [-0.15, -0.1) is 0 Å². The number of benzene rings is 1. The van der Waals surface area contributed by atoms with Crippen LogP contribution in [0.2, 0.25) is 0 Å². The third-order valence-corrected chi connectivity index (χ3v) is 3.87. The van der Waals surface area contributed by atoms with E-state index in [9.17, 15) is 14.7 Å². The number of nitrogens with zero attached hydrogens (tertiary/aromatic N) is 1. The van der Waals surface area contributed by atoms with Crippen LogP contribution in [0.1, 0.15) is 23.5 Å². The van der Waals surface area contributed by atoms with Crippen LogP contribution in [0.25, 0.3) is 0 Å². The number of fused-ring (bicyclic) bond motifs is 1. The molecule has 1 aliphatic rings. The number of methoxy groups -OCH3 is 2. The van der Waals surface area contributed by atoms with Crippen LogP contribution in [0.3, 0.4) is 0 Å². The van der Waals surface area contributed by atoms with Crippen molar-refractivity contribution in [2.75, 3.05) is 25.3 Å². The van der Waals surface area contributed by atoms with E-state index in [-0.39, 0.29) is 41.3 Å². The van der Waals surface area contributed by atoms with Gasteiger partial charge in [-0.05, 0) is 17.7 Å². The highest BCUT2D eigenvalue weighted by Gasteiger charge is 2.32. The van der Waals surface area contributed by atoms with E-state index < -0.39 is 11.5 Å². The first-order chi connectivity index (χ1) is 11.4. The normalized spacial score (nSPS) is 16.2. The summed E-state index contributed by atoms with van der Waals surface area (Å²) >= 11 is 0. The number of carbonyl (C=O) groups excluding carboxylic acids is 1.